The van der Waals surface area contributed by atoms with Crippen LogP contribution in [-0.2, 0) is 0 Å². The van der Waals surface area contributed by atoms with E-state index in [1.54, 1.807) is 0 Å². The van der Waals surface area contributed by atoms with Crippen molar-refractivity contribution < 1.29 is 0 Å². The molecule has 0 spiro atoms. The molecule has 2 nitrogen and oxygen atoms in total. The first-order valence-electron chi connectivity index (χ1n) is 1.89. The molecular formula is C4H2ClNOS. The molecule has 0 bridgehead atoms. The minimum Gasteiger partial charge on any atom is -0.278 e. The van der Waals surface area contributed by atoms with E-state index in [4.69, 9.17) is 11.6 Å². The molecule has 8 heavy (non-hydrogen) atoms. The first-order chi connectivity index (χ1) is 3.79. The summed E-state index contributed by atoms with van der Waals surface area (Å²) >= 11 is 6.37. The van der Waals surface area contributed by atoms with E-state index >= 15 is 0 Å². The van der Waals surface area contributed by atoms with Gasteiger partial charge in [0.15, 0.2) is 0 Å². The third-order valence-corrected chi connectivity index (χ3v) is 1.35. The normalized spacial score (nSPS) is 9.12. The van der Waals surface area contributed by atoms with E-state index < -0.39 is 0 Å². The maximum atomic E-state index is 10.4. The molecule has 0 amide bonds. The summed E-state index contributed by atoms with van der Waals surface area (Å²) in [5.41, 5.74) is 1.42. The van der Waals surface area contributed by atoms with E-state index in [1.165, 1.54) is 11.6 Å². The van der Waals surface area contributed by atoms with Crippen molar-refractivity contribution in [3.05, 3.63) is 26.3 Å². The monoisotopic (exact) mass is 147 g/mol. The first-order valence-corrected chi connectivity index (χ1v) is 3.15. The minimum absolute atomic E-state index is 0.0648. The van der Waals surface area contributed by atoms with E-state index in [2.05, 4.69) is 4.98 Å². The molecule has 0 atom stereocenters. The molecule has 1 aromatic heterocycles. The molecule has 0 aromatic carbocycles. The van der Waals surface area contributed by atoms with Gasteiger partial charge in [0.2, 0.25) is 4.74 Å². The van der Waals surface area contributed by atoms with Gasteiger partial charge < -0.3 is 0 Å². The van der Waals surface area contributed by atoms with Crippen molar-refractivity contribution in [2.24, 2.45) is 0 Å². The lowest BCUT2D eigenvalue weighted by Crippen LogP contribution is -1.89. The average Bonchev–Trinajstić information content (AvgIpc) is 1.64. The SMILES string of the molecule is O=c1cc(Cl)ncs1. The number of hydrogen-bond acceptors (Lipinski definition) is 3. The van der Waals surface area contributed by atoms with Gasteiger partial charge in [-0.05, 0) is 0 Å². The highest BCUT2D eigenvalue weighted by Crippen LogP contribution is 1.97. The van der Waals surface area contributed by atoms with E-state index in [1.807, 2.05) is 0 Å². The predicted molar refractivity (Wildman–Crippen MR) is 33.4 cm³/mol. The summed E-state index contributed by atoms with van der Waals surface area (Å²) < 4.78 is -0.0648. The fraction of sp³-hybridized carbons (Fsp3) is 0. The molecule has 0 aliphatic heterocycles. The Hall–Kier alpha value is -0.410. The maximum Gasteiger partial charge on any atom is 0.236 e. The van der Waals surface area contributed by atoms with Gasteiger partial charge in [-0.25, -0.2) is 4.98 Å². The molecule has 1 rings (SSSR count). The Morgan fingerprint density at radius 2 is 2.50 bits per heavy atom. The van der Waals surface area contributed by atoms with Gasteiger partial charge in [0.1, 0.15) is 5.15 Å². The molecule has 42 valence electrons. The fourth-order valence-corrected chi connectivity index (χ4v) is 1.02. The highest BCUT2D eigenvalue weighted by molar-refractivity contribution is 7.06. The summed E-state index contributed by atoms with van der Waals surface area (Å²) in [4.78, 5) is 14.0. The molecule has 0 saturated carbocycles. The zero-order chi connectivity index (χ0) is 5.98. The second-order valence-electron chi connectivity index (χ2n) is 1.14. The fourth-order valence-electron chi connectivity index (χ4n) is 0.297. The smallest absolute Gasteiger partial charge is 0.236 e. The second-order valence-corrected chi connectivity index (χ2v) is 2.37. The number of rotatable bonds is 0. The Morgan fingerprint density at radius 1 is 1.75 bits per heavy atom. The second kappa shape index (κ2) is 2.24. The van der Waals surface area contributed by atoms with Crippen LogP contribution < -0.4 is 4.74 Å². The number of hydrogen-bond donors (Lipinski definition) is 0. The molecule has 4 heteroatoms. The Balaban J connectivity index is 3.28. The molecule has 0 N–H and O–H groups in total. The van der Waals surface area contributed by atoms with Crippen LogP contribution in [0.25, 0.3) is 0 Å². The summed E-state index contributed by atoms with van der Waals surface area (Å²) in [6.07, 6.45) is 0. The van der Waals surface area contributed by atoms with E-state index in [0.29, 0.717) is 0 Å². The summed E-state index contributed by atoms with van der Waals surface area (Å²) in [5.74, 6) is 0. The van der Waals surface area contributed by atoms with Crippen LogP contribution >= 0.6 is 22.9 Å². The van der Waals surface area contributed by atoms with Gasteiger partial charge in [0.05, 0.1) is 5.51 Å². The van der Waals surface area contributed by atoms with Gasteiger partial charge in [-0.15, -0.1) is 0 Å². The first kappa shape index (κ1) is 5.72. The van der Waals surface area contributed by atoms with Gasteiger partial charge in [0, 0.05) is 6.07 Å². The van der Waals surface area contributed by atoms with Gasteiger partial charge in [-0.3, -0.25) is 4.79 Å². The van der Waals surface area contributed by atoms with Crippen molar-refractivity contribution in [3.63, 3.8) is 0 Å². The summed E-state index contributed by atoms with van der Waals surface area (Å²) in [6.45, 7) is 0. The number of nitrogens with zero attached hydrogens (tertiary/aromatic N) is 1. The topological polar surface area (TPSA) is 30.0 Å². The molecule has 0 aliphatic rings. The van der Waals surface area contributed by atoms with Crippen LogP contribution in [0.4, 0.5) is 0 Å². The molecule has 0 radical (unpaired) electrons. The molecule has 1 heterocycles. The van der Waals surface area contributed by atoms with Crippen molar-refractivity contribution >= 4 is 22.9 Å². The third kappa shape index (κ3) is 1.28. The van der Waals surface area contributed by atoms with Crippen LogP contribution in [0.2, 0.25) is 5.15 Å². The zero-order valence-electron chi connectivity index (χ0n) is 3.80. The summed E-state index contributed by atoms with van der Waals surface area (Å²) in [5, 5.41) is 0.258. The van der Waals surface area contributed by atoms with Gasteiger partial charge >= 0.3 is 0 Å². The Morgan fingerprint density at radius 3 is 2.88 bits per heavy atom. The van der Waals surface area contributed by atoms with Crippen LogP contribution in [0.1, 0.15) is 0 Å². The van der Waals surface area contributed by atoms with Crippen LogP contribution in [0.3, 0.4) is 0 Å². The van der Waals surface area contributed by atoms with Gasteiger partial charge in [-0.2, -0.15) is 0 Å². The lowest BCUT2D eigenvalue weighted by Gasteiger charge is -1.78. The van der Waals surface area contributed by atoms with Crippen molar-refractivity contribution in [1.29, 1.82) is 0 Å². The maximum absolute atomic E-state index is 10.4. The lowest BCUT2D eigenvalue weighted by atomic mass is 10.7. The van der Waals surface area contributed by atoms with Crippen molar-refractivity contribution in [1.82, 2.24) is 4.98 Å². The van der Waals surface area contributed by atoms with Crippen molar-refractivity contribution in [3.8, 4) is 0 Å². The zero-order valence-corrected chi connectivity index (χ0v) is 5.37. The highest BCUT2D eigenvalue weighted by atomic mass is 35.5. The van der Waals surface area contributed by atoms with Crippen LogP contribution in [0.15, 0.2) is 16.4 Å². The highest BCUT2D eigenvalue weighted by Gasteiger charge is 1.85. The van der Waals surface area contributed by atoms with E-state index in [-0.39, 0.29) is 9.90 Å². The van der Waals surface area contributed by atoms with Crippen LogP contribution in [0, 0.1) is 0 Å². The molecule has 1 aromatic rings. The standard InChI is InChI=1S/C4H2ClNOS/c5-3-1-4(7)8-2-6-3/h1-2H. The Kier molecular flexibility index (Phi) is 1.60. The van der Waals surface area contributed by atoms with E-state index in [0.717, 1.165) is 11.3 Å². The predicted octanol–water partition coefficient (Wildman–Crippen LogP) is 1.16. The molecule has 0 aliphatic carbocycles. The molecule has 0 unspecified atom stereocenters. The largest absolute Gasteiger partial charge is 0.278 e. The lowest BCUT2D eigenvalue weighted by molar-refractivity contribution is 1.38. The molecule has 0 saturated heterocycles. The Labute approximate surface area is 54.8 Å². The average molecular weight is 148 g/mol. The Bertz CT molecular complexity index is 233. The van der Waals surface area contributed by atoms with Gasteiger partial charge in [-0.1, -0.05) is 22.9 Å². The van der Waals surface area contributed by atoms with Gasteiger partial charge in [0.25, 0.3) is 0 Å². The molecular weight excluding hydrogens is 146 g/mol. The third-order valence-electron chi connectivity index (χ3n) is 0.582. The minimum atomic E-state index is -0.0648. The number of aromatic nitrogens is 1. The number of halogens is 1. The van der Waals surface area contributed by atoms with Crippen LogP contribution in [-0.4, -0.2) is 4.98 Å². The van der Waals surface area contributed by atoms with Crippen molar-refractivity contribution in [2.75, 3.05) is 0 Å². The van der Waals surface area contributed by atoms with Crippen LogP contribution in [0.5, 0.6) is 0 Å². The quantitative estimate of drug-likeness (QED) is 0.551. The van der Waals surface area contributed by atoms with Crippen molar-refractivity contribution in [2.45, 2.75) is 0 Å². The molecule has 0 fully saturated rings. The summed E-state index contributed by atoms with van der Waals surface area (Å²) in [6, 6.07) is 1.28. The van der Waals surface area contributed by atoms with E-state index in [9.17, 15) is 4.79 Å². The summed E-state index contributed by atoms with van der Waals surface area (Å²) in [7, 11) is 0.